The molecule has 0 aromatic heterocycles. The van der Waals surface area contributed by atoms with Crippen molar-refractivity contribution >= 4 is 18.2 Å². The van der Waals surface area contributed by atoms with Crippen LogP contribution in [0.5, 0.6) is 0 Å². The topological polar surface area (TPSA) is 40.4 Å². The van der Waals surface area contributed by atoms with Crippen molar-refractivity contribution in [1.29, 1.82) is 0 Å². The van der Waals surface area contributed by atoms with Crippen molar-refractivity contribution in [1.82, 2.24) is 4.90 Å². The van der Waals surface area contributed by atoms with E-state index in [9.17, 15) is 9.59 Å². The third kappa shape index (κ3) is 4.43. The molecule has 0 aliphatic carbocycles. The van der Waals surface area contributed by atoms with Gasteiger partial charge in [-0.3, -0.25) is 14.5 Å². The van der Waals surface area contributed by atoms with Gasteiger partial charge in [-0.15, -0.1) is 0 Å². The van der Waals surface area contributed by atoms with Gasteiger partial charge in [0.05, 0.1) is 18.2 Å². The van der Waals surface area contributed by atoms with Gasteiger partial charge in [-0.05, 0) is 18.6 Å². The van der Waals surface area contributed by atoms with Crippen LogP contribution in [0.3, 0.4) is 0 Å². The zero-order chi connectivity index (χ0) is 28.5. The number of unbranched alkanes of at least 4 members (excludes halogenated alkanes) is 1. The van der Waals surface area contributed by atoms with Crippen molar-refractivity contribution in [3.63, 3.8) is 0 Å². The predicted molar refractivity (Wildman–Crippen MR) is 161 cm³/mol. The van der Waals surface area contributed by atoms with Crippen molar-refractivity contribution in [3.05, 3.63) is 155 Å². The molecule has 0 saturated carbocycles. The van der Waals surface area contributed by atoms with E-state index in [4.69, 9.17) is 0 Å². The van der Waals surface area contributed by atoms with Crippen LogP contribution < -0.4 is 0 Å². The summed E-state index contributed by atoms with van der Waals surface area (Å²) in [5, 5.41) is 0. The van der Waals surface area contributed by atoms with E-state index in [1.165, 1.54) is 27.3 Å². The van der Waals surface area contributed by atoms with E-state index in [0.717, 1.165) is 19.4 Å². The van der Waals surface area contributed by atoms with Crippen molar-refractivity contribution in [2.45, 2.75) is 25.3 Å². The molecule has 2 heterocycles. The second kappa shape index (κ2) is 10.8. The molecule has 0 spiro atoms. The Morgan fingerprint density at radius 2 is 1.10 bits per heavy atom. The molecule has 1 unspecified atom stereocenters. The van der Waals surface area contributed by atoms with E-state index in [1.54, 1.807) is 24.3 Å². The van der Waals surface area contributed by atoms with E-state index in [-0.39, 0.29) is 11.8 Å². The van der Waals surface area contributed by atoms with Gasteiger partial charge in [0.25, 0.3) is 11.8 Å². The number of hydrogen-bond donors (Lipinski definition) is 0. The summed E-state index contributed by atoms with van der Waals surface area (Å²) in [6.07, 6.45) is 6.26. The lowest BCUT2D eigenvalue weighted by atomic mass is 9.74. The number of fused-ring (bicyclic) bond motifs is 1. The molecule has 6 rings (SSSR count). The van der Waals surface area contributed by atoms with Gasteiger partial charge in [-0.2, -0.15) is 9.06 Å². The fraction of sp³-hybridized carbons (Fsp3) is 0.194. The first-order valence-electron chi connectivity index (χ1n) is 14.3. The average Bonchev–Trinajstić information content (AvgIpc) is 3.44. The Morgan fingerprint density at radius 3 is 1.56 bits per heavy atom. The van der Waals surface area contributed by atoms with Gasteiger partial charge in [0, 0.05) is 36.6 Å². The number of amides is 2. The quantitative estimate of drug-likeness (QED) is 0.0807. The van der Waals surface area contributed by atoms with Crippen LogP contribution in [0.15, 0.2) is 127 Å². The molecular formula is C36H35N3O2+2. The molecule has 4 aromatic rings. The molecule has 41 heavy (non-hydrogen) atoms. The Labute approximate surface area is 241 Å². The summed E-state index contributed by atoms with van der Waals surface area (Å²) in [4.78, 5) is 27.0. The molecule has 0 N–H and O–H groups in total. The third-order valence-corrected chi connectivity index (χ3v) is 8.49. The number of quaternary nitrogens is 1. The van der Waals surface area contributed by atoms with Crippen molar-refractivity contribution < 1.29 is 18.6 Å². The van der Waals surface area contributed by atoms with Crippen LogP contribution in [-0.2, 0) is 5.54 Å². The minimum atomic E-state index is -0.514. The first-order chi connectivity index (χ1) is 20.0. The number of carbonyl (C=O) groups excluding carboxylic acids is 2. The number of hydrogen-bond acceptors (Lipinski definition) is 2. The molecule has 0 fully saturated rings. The number of benzene rings is 4. The minimum Gasteiger partial charge on any atom is -0.274 e. The van der Waals surface area contributed by atoms with Crippen LogP contribution in [-0.4, -0.2) is 52.2 Å². The lowest BCUT2D eigenvalue weighted by Gasteiger charge is -2.43. The van der Waals surface area contributed by atoms with Crippen molar-refractivity contribution in [2.75, 3.05) is 20.1 Å². The summed E-state index contributed by atoms with van der Waals surface area (Å²) >= 11 is 0. The van der Waals surface area contributed by atoms with Gasteiger partial charge in [0.15, 0.2) is 18.3 Å². The predicted octanol–water partition coefficient (Wildman–Crippen LogP) is 6.42. The zero-order valence-corrected chi connectivity index (χ0v) is 23.6. The smallest absolute Gasteiger partial charge is 0.274 e. The lowest BCUT2D eigenvalue weighted by molar-refractivity contribution is -0.820. The Hall–Kier alpha value is -4.61. The molecule has 5 heteroatoms. The van der Waals surface area contributed by atoms with E-state index < -0.39 is 5.54 Å². The number of nitrogens with zero attached hydrogens (tertiary/aromatic N) is 3. The largest absolute Gasteiger partial charge is 0.338 e. The Balaban J connectivity index is 1.30. The summed E-state index contributed by atoms with van der Waals surface area (Å²) in [5.74, 6) is -0.367. The SMILES string of the molecule is CC1=C[N+](C)(C(c2ccccc2)(c2ccccc2)c2ccccc2)C=[N+]1CCCCN1C(=O)c2ccccc2C1=O. The highest BCUT2D eigenvalue weighted by Crippen LogP contribution is 2.47. The number of carbonyl (C=O) groups is 2. The van der Waals surface area contributed by atoms with Gasteiger partial charge in [0.2, 0.25) is 5.70 Å². The van der Waals surface area contributed by atoms with Crippen LogP contribution >= 0.6 is 0 Å². The maximum absolute atomic E-state index is 12.8. The van der Waals surface area contributed by atoms with E-state index in [2.05, 4.69) is 122 Å². The van der Waals surface area contributed by atoms with Crippen molar-refractivity contribution in [2.24, 2.45) is 0 Å². The van der Waals surface area contributed by atoms with Gasteiger partial charge in [-0.25, -0.2) is 0 Å². The van der Waals surface area contributed by atoms with Crippen LogP contribution in [0.4, 0.5) is 0 Å². The molecule has 2 aliphatic rings. The molecule has 2 amide bonds. The zero-order valence-electron chi connectivity index (χ0n) is 23.6. The first-order valence-corrected chi connectivity index (χ1v) is 14.3. The summed E-state index contributed by atoms with van der Waals surface area (Å²) in [7, 11) is 2.27. The normalized spacial score (nSPS) is 18.3. The van der Waals surface area contributed by atoms with Gasteiger partial charge in [-0.1, -0.05) is 103 Å². The van der Waals surface area contributed by atoms with E-state index in [0.29, 0.717) is 22.2 Å². The summed E-state index contributed by atoms with van der Waals surface area (Å²) in [6.45, 7) is 3.39. The molecular weight excluding hydrogens is 506 g/mol. The molecule has 0 bridgehead atoms. The van der Waals surface area contributed by atoms with E-state index in [1.807, 2.05) is 0 Å². The number of imide groups is 1. The molecule has 5 nitrogen and oxygen atoms in total. The average molecular weight is 542 g/mol. The fourth-order valence-corrected chi connectivity index (χ4v) is 6.66. The second-order valence-electron chi connectivity index (χ2n) is 11.0. The Kier molecular flexibility index (Phi) is 6.98. The fourth-order valence-electron chi connectivity index (χ4n) is 6.66. The molecule has 0 radical (unpaired) electrons. The van der Waals surface area contributed by atoms with Crippen LogP contribution in [0, 0.1) is 0 Å². The molecule has 0 saturated heterocycles. The third-order valence-electron chi connectivity index (χ3n) is 8.49. The summed E-state index contributed by atoms with van der Waals surface area (Å²) in [6, 6.07) is 39.4. The molecule has 2 aliphatic heterocycles. The van der Waals surface area contributed by atoms with Crippen LogP contribution in [0.1, 0.15) is 57.2 Å². The lowest BCUT2D eigenvalue weighted by Crippen LogP contribution is -2.56. The van der Waals surface area contributed by atoms with E-state index >= 15 is 0 Å². The number of rotatable bonds is 9. The van der Waals surface area contributed by atoms with Crippen LogP contribution in [0.25, 0.3) is 0 Å². The van der Waals surface area contributed by atoms with Crippen LogP contribution in [0.2, 0.25) is 0 Å². The van der Waals surface area contributed by atoms with Crippen molar-refractivity contribution in [3.8, 4) is 0 Å². The molecule has 204 valence electrons. The second-order valence-corrected chi connectivity index (χ2v) is 11.0. The number of allylic oxidation sites excluding steroid dienone is 1. The van der Waals surface area contributed by atoms with Gasteiger partial charge < -0.3 is 0 Å². The maximum Gasteiger partial charge on any atom is 0.338 e. The highest BCUT2D eigenvalue weighted by atomic mass is 16.2. The van der Waals surface area contributed by atoms with Gasteiger partial charge >= 0.3 is 6.34 Å². The van der Waals surface area contributed by atoms with Gasteiger partial charge in [0.1, 0.15) is 0 Å². The standard InChI is InChI=1S/C36H35N3O2/c1-28-26-39(2,27-37(28)24-14-15-25-38-34(40)32-22-12-13-23-33(32)35(38)41)36(29-16-6-3-7-17-29,30-18-8-4-9-19-30)31-20-10-5-11-21-31/h3-13,16-23,26-27H,14-15,24-25H2,1-2H3/q+2. The highest BCUT2D eigenvalue weighted by Gasteiger charge is 2.56. The minimum absolute atomic E-state index is 0.183. The monoisotopic (exact) mass is 541 g/mol. The molecule has 4 aromatic carbocycles. The summed E-state index contributed by atoms with van der Waals surface area (Å²) < 4.78 is 2.86. The Bertz CT molecular complexity index is 1510. The summed E-state index contributed by atoms with van der Waals surface area (Å²) in [5.41, 5.74) is 5.33. The first kappa shape index (κ1) is 26.6. The highest BCUT2D eigenvalue weighted by molar-refractivity contribution is 6.21. The maximum atomic E-state index is 12.8. The molecule has 1 atom stereocenters. The Morgan fingerprint density at radius 1 is 0.659 bits per heavy atom.